The molecule has 0 fully saturated rings. The van der Waals surface area contributed by atoms with Crippen molar-refractivity contribution in [3.05, 3.63) is 0 Å². The summed E-state index contributed by atoms with van der Waals surface area (Å²) in [7, 11) is 3.55. The number of halogens is 1. The summed E-state index contributed by atoms with van der Waals surface area (Å²) in [6, 6.07) is 0. The predicted molar refractivity (Wildman–Crippen MR) is 23.5 cm³/mol. The van der Waals surface area contributed by atoms with E-state index in [1.165, 1.54) is 0 Å². The smallest absolute Gasteiger partial charge is 1.00 e. The molecule has 4 heteroatoms. The number of amides is 1. The molecule has 0 aromatic heterocycles. The van der Waals surface area contributed by atoms with Crippen LogP contribution in [-0.2, 0) is 23.1 Å². The van der Waals surface area contributed by atoms with Crippen molar-refractivity contribution >= 4 is 5.91 Å². The number of carbonyl (C=O) groups excluding carboxylic acids is 1. The quantitative estimate of drug-likeness (QED) is 0.442. The Labute approximate surface area is 70.1 Å². The SMILES string of the molecule is CN(C)C(=O)[CH2][Zn+].[Br-]. The first kappa shape index (κ1) is 11.4. The molecule has 0 unspecified atom stereocenters. The number of hydrogen-bond donors (Lipinski definition) is 0. The average Bonchev–Trinajstić information content (AvgIpc) is 1.65. The Morgan fingerprint density at radius 2 is 2.00 bits per heavy atom. The maximum absolute atomic E-state index is 10.5. The molecule has 1 amide bonds. The summed E-state index contributed by atoms with van der Waals surface area (Å²) < 4.78 is 0. The van der Waals surface area contributed by atoms with Gasteiger partial charge in [0.25, 0.3) is 0 Å². The van der Waals surface area contributed by atoms with Crippen LogP contribution in [0.2, 0.25) is 5.02 Å². The molecule has 2 nitrogen and oxygen atoms in total. The molecule has 0 aromatic carbocycles. The summed E-state index contributed by atoms with van der Waals surface area (Å²) in [5.74, 6) is 0.236. The Hall–Kier alpha value is 0.573. The van der Waals surface area contributed by atoms with E-state index >= 15 is 0 Å². The molecular formula is C4H8BrNOZn. The number of carbonyl (C=O) groups is 1. The Morgan fingerprint density at radius 3 is 2.00 bits per heavy atom. The Balaban J connectivity index is 0. The molecule has 0 atom stereocenters. The first-order valence-corrected chi connectivity index (χ1v) is 4.27. The van der Waals surface area contributed by atoms with Gasteiger partial charge in [0.1, 0.15) is 0 Å². The van der Waals surface area contributed by atoms with E-state index in [1.807, 2.05) is 0 Å². The van der Waals surface area contributed by atoms with E-state index in [2.05, 4.69) is 0 Å². The van der Waals surface area contributed by atoms with Crippen LogP contribution in [0.4, 0.5) is 0 Å². The van der Waals surface area contributed by atoms with Gasteiger partial charge in [0, 0.05) is 0 Å². The Morgan fingerprint density at radius 1 is 1.62 bits per heavy atom. The summed E-state index contributed by atoms with van der Waals surface area (Å²) >= 11 is 1.07. The molecule has 0 aromatic rings. The summed E-state index contributed by atoms with van der Waals surface area (Å²) in [6.45, 7) is 0. The van der Waals surface area contributed by atoms with Crippen molar-refractivity contribution in [2.45, 2.75) is 5.02 Å². The van der Waals surface area contributed by atoms with Gasteiger partial charge in [-0.2, -0.15) is 0 Å². The van der Waals surface area contributed by atoms with Crippen LogP contribution in [0, 0.1) is 0 Å². The van der Waals surface area contributed by atoms with E-state index in [-0.39, 0.29) is 22.9 Å². The molecular weight excluding hydrogens is 223 g/mol. The standard InChI is InChI=1S/C4H8NO.BrH.Zn/c1-4(6)5(2)3;;/h1H2,2-3H3;1H;/q;;+1/p-1. The summed E-state index contributed by atoms with van der Waals surface area (Å²) in [4.78, 5) is 12.1. The maximum atomic E-state index is 10.5. The van der Waals surface area contributed by atoms with Gasteiger partial charge in [-0.25, -0.2) is 0 Å². The van der Waals surface area contributed by atoms with E-state index in [0.29, 0.717) is 0 Å². The minimum Gasteiger partial charge on any atom is -1.00 e. The average molecular weight is 231 g/mol. The second kappa shape index (κ2) is 5.71. The fourth-order valence-electron chi connectivity index (χ4n) is 0.224. The monoisotopic (exact) mass is 229 g/mol. The molecule has 0 spiro atoms. The third-order valence-electron chi connectivity index (χ3n) is 0.713. The largest absolute Gasteiger partial charge is 1.00 e. The molecule has 8 heavy (non-hydrogen) atoms. The molecule has 0 aliphatic heterocycles. The van der Waals surface area contributed by atoms with Crippen LogP contribution in [-0.4, -0.2) is 24.9 Å². The molecule has 0 heterocycles. The van der Waals surface area contributed by atoms with Crippen molar-refractivity contribution in [2.24, 2.45) is 0 Å². The van der Waals surface area contributed by atoms with Crippen LogP contribution in [0.3, 0.4) is 0 Å². The van der Waals surface area contributed by atoms with Crippen LogP contribution in [0.5, 0.6) is 0 Å². The van der Waals surface area contributed by atoms with Crippen molar-refractivity contribution in [3.63, 3.8) is 0 Å². The number of nitrogens with zero attached hydrogens (tertiary/aromatic N) is 1. The molecule has 0 aliphatic carbocycles. The topological polar surface area (TPSA) is 20.3 Å². The van der Waals surface area contributed by atoms with E-state index in [4.69, 9.17) is 0 Å². The normalized spacial score (nSPS) is 7.50. The van der Waals surface area contributed by atoms with Gasteiger partial charge in [0.15, 0.2) is 0 Å². The summed E-state index contributed by atoms with van der Waals surface area (Å²) in [6.07, 6.45) is 0. The third-order valence-corrected chi connectivity index (χ3v) is 1.61. The van der Waals surface area contributed by atoms with Crippen molar-refractivity contribution in [1.82, 2.24) is 4.90 Å². The van der Waals surface area contributed by atoms with Crippen LogP contribution in [0.25, 0.3) is 0 Å². The van der Waals surface area contributed by atoms with Crippen LogP contribution < -0.4 is 17.0 Å². The van der Waals surface area contributed by atoms with Crippen molar-refractivity contribution in [1.29, 1.82) is 0 Å². The van der Waals surface area contributed by atoms with E-state index in [1.54, 1.807) is 19.0 Å². The van der Waals surface area contributed by atoms with Gasteiger partial charge in [0.2, 0.25) is 0 Å². The fraction of sp³-hybridized carbons (Fsp3) is 0.750. The first-order valence-electron chi connectivity index (χ1n) is 2.18. The molecule has 44 valence electrons. The van der Waals surface area contributed by atoms with E-state index in [9.17, 15) is 4.79 Å². The first-order chi connectivity index (χ1) is 3.18. The van der Waals surface area contributed by atoms with Crippen molar-refractivity contribution < 1.29 is 40.1 Å². The van der Waals surface area contributed by atoms with Gasteiger partial charge in [0.05, 0.1) is 0 Å². The van der Waals surface area contributed by atoms with Gasteiger partial charge >= 0.3 is 53.0 Å². The molecule has 0 saturated heterocycles. The number of hydrogen-bond acceptors (Lipinski definition) is 1. The molecule has 0 rings (SSSR count). The zero-order valence-electron chi connectivity index (χ0n) is 5.15. The van der Waals surface area contributed by atoms with Gasteiger partial charge in [-0.15, -0.1) is 0 Å². The second-order valence-corrected chi connectivity index (χ2v) is 2.59. The van der Waals surface area contributed by atoms with Crippen LogP contribution in [0.1, 0.15) is 0 Å². The molecule has 0 aliphatic rings. The molecule has 0 N–H and O–H groups in total. The third kappa shape index (κ3) is 4.73. The summed E-state index contributed by atoms with van der Waals surface area (Å²) in [5.41, 5.74) is 0. The summed E-state index contributed by atoms with van der Waals surface area (Å²) in [5, 5.41) is 0.729. The van der Waals surface area contributed by atoms with E-state index < -0.39 is 0 Å². The minimum absolute atomic E-state index is 0. The zero-order valence-corrected chi connectivity index (χ0v) is 9.70. The maximum Gasteiger partial charge on any atom is -1.00 e. The van der Waals surface area contributed by atoms with Gasteiger partial charge < -0.3 is 17.0 Å². The van der Waals surface area contributed by atoms with Crippen LogP contribution >= 0.6 is 0 Å². The Bertz CT molecular complexity index is 76.4. The fourth-order valence-corrected chi connectivity index (χ4v) is 1.16. The zero-order chi connectivity index (χ0) is 5.86. The Kier molecular flexibility index (Phi) is 8.12. The second-order valence-electron chi connectivity index (χ2n) is 1.54. The molecule has 0 saturated carbocycles. The van der Waals surface area contributed by atoms with Gasteiger partial charge in [-0.3, -0.25) is 0 Å². The predicted octanol–water partition coefficient (Wildman–Crippen LogP) is -2.96. The minimum atomic E-state index is 0. The van der Waals surface area contributed by atoms with E-state index in [0.717, 1.165) is 23.3 Å². The van der Waals surface area contributed by atoms with Gasteiger partial charge in [-0.05, 0) is 0 Å². The molecule has 0 radical (unpaired) electrons. The van der Waals surface area contributed by atoms with Crippen LogP contribution in [0.15, 0.2) is 0 Å². The molecule has 0 bridgehead atoms. The number of rotatable bonds is 1. The van der Waals surface area contributed by atoms with Crippen molar-refractivity contribution in [3.8, 4) is 0 Å². The van der Waals surface area contributed by atoms with Gasteiger partial charge in [-0.1, -0.05) is 0 Å². The van der Waals surface area contributed by atoms with Crippen molar-refractivity contribution in [2.75, 3.05) is 14.1 Å².